The van der Waals surface area contributed by atoms with Gasteiger partial charge in [0.1, 0.15) is 0 Å². The summed E-state index contributed by atoms with van der Waals surface area (Å²) < 4.78 is 0.727. The molecule has 6 N–H and O–H groups in total. The number of hydrogen-bond acceptors (Lipinski definition) is 5. The molecule has 1 aliphatic heterocycles. The highest BCUT2D eigenvalue weighted by Gasteiger charge is 2.46. The normalized spacial score (nSPS) is 18.9. The maximum atomic E-state index is 12.5. The Kier molecular flexibility index (Phi) is 5.03. The number of urea groups is 1. The topological polar surface area (TPSA) is 129 Å². The third-order valence-electron chi connectivity index (χ3n) is 4.00. The average molecular weight is 418 g/mol. The van der Waals surface area contributed by atoms with Crippen LogP contribution >= 0.6 is 15.9 Å². The first kappa shape index (κ1) is 18.1. The quantitative estimate of drug-likeness (QED) is 0.223. The molecule has 1 unspecified atom stereocenters. The van der Waals surface area contributed by atoms with Crippen molar-refractivity contribution in [2.75, 3.05) is 5.32 Å². The fourth-order valence-corrected chi connectivity index (χ4v) is 3.08. The van der Waals surface area contributed by atoms with Crippen molar-refractivity contribution in [1.82, 2.24) is 10.9 Å². The van der Waals surface area contributed by atoms with Gasteiger partial charge in [-0.1, -0.05) is 46.3 Å². The predicted molar refractivity (Wildman–Crippen MR) is 100 cm³/mol. The minimum absolute atomic E-state index is 0.142. The number of hydrogen-bond donors (Lipinski definition) is 5. The van der Waals surface area contributed by atoms with Gasteiger partial charge in [-0.25, -0.2) is 16.1 Å². The number of benzene rings is 2. The van der Waals surface area contributed by atoms with Crippen molar-refractivity contribution < 1.29 is 14.7 Å². The molecule has 1 atom stereocenters. The van der Waals surface area contributed by atoms with E-state index in [0.717, 1.165) is 4.47 Å². The number of amides is 3. The SMILES string of the molecule is NNC(=O)N/N=C(/CC1(O)C(=O)Nc2ccc(Br)cc21)c1ccccc1. The summed E-state index contributed by atoms with van der Waals surface area (Å²) >= 11 is 3.35. The lowest BCUT2D eigenvalue weighted by atomic mass is 9.87. The number of nitrogens with zero attached hydrogens (tertiary/aromatic N) is 1. The molecule has 9 heteroatoms. The summed E-state index contributed by atoms with van der Waals surface area (Å²) in [5.41, 5.74) is 4.24. The van der Waals surface area contributed by atoms with E-state index in [9.17, 15) is 14.7 Å². The maximum absolute atomic E-state index is 12.5. The summed E-state index contributed by atoms with van der Waals surface area (Å²) in [6.45, 7) is 0. The molecular weight excluding hydrogens is 402 g/mol. The van der Waals surface area contributed by atoms with E-state index in [1.54, 1.807) is 42.5 Å². The standard InChI is InChI=1S/C17H16BrN5O3/c18-11-6-7-13-12(8-11)17(26,15(24)20-13)9-14(22-23-16(25)21-19)10-4-2-1-3-5-10/h1-8,26H,9,19H2,(H,20,24)(H2,21,23,25)/b22-14-. The lowest BCUT2D eigenvalue weighted by Crippen LogP contribution is -2.40. The van der Waals surface area contributed by atoms with Gasteiger partial charge in [0.15, 0.2) is 5.60 Å². The third kappa shape index (κ3) is 3.45. The number of carbonyl (C=O) groups excluding carboxylic acids is 2. The first-order valence-electron chi connectivity index (χ1n) is 7.66. The Morgan fingerprint density at radius 1 is 1.27 bits per heavy atom. The Morgan fingerprint density at radius 2 is 2.00 bits per heavy atom. The Hall–Kier alpha value is -2.75. The van der Waals surface area contributed by atoms with E-state index in [1.165, 1.54) is 0 Å². The molecule has 0 saturated carbocycles. The van der Waals surface area contributed by atoms with E-state index >= 15 is 0 Å². The van der Waals surface area contributed by atoms with Crippen molar-refractivity contribution in [2.24, 2.45) is 10.9 Å². The minimum Gasteiger partial charge on any atom is -0.375 e. The van der Waals surface area contributed by atoms with Gasteiger partial charge in [-0.3, -0.25) is 10.2 Å². The van der Waals surface area contributed by atoms with Crippen LogP contribution in [-0.2, 0) is 10.4 Å². The van der Waals surface area contributed by atoms with E-state index in [4.69, 9.17) is 5.84 Å². The van der Waals surface area contributed by atoms with E-state index in [0.29, 0.717) is 22.5 Å². The van der Waals surface area contributed by atoms with Crippen molar-refractivity contribution in [3.05, 3.63) is 64.1 Å². The molecule has 1 heterocycles. The fourth-order valence-electron chi connectivity index (χ4n) is 2.72. The zero-order valence-corrected chi connectivity index (χ0v) is 15.1. The molecule has 2 aromatic carbocycles. The number of fused-ring (bicyclic) bond motifs is 1. The van der Waals surface area contributed by atoms with Crippen LogP contribution in [0.1, 0.15) is 17.5 Å². The van der Waals surface area contributed by atoms with Gasteiger partial charge >= 0.3 is 6.03 Å². The van der Waals surface area contributed by atoms with Gasteiger partial charge in [0.25, 0.3) is 5.91 Å². The zero-order chi connectivity index (χ0) is 18.7. The van der Waals surface area contributed by atoms with Gasteiger partial charge < -0.3 is 10.4 Å². The van der Waals surface area contributed by atoms with Gasteiger partial charge in [0.05, 0.1) is 5.71 Å². The predicted octanol–water partition coefficient (Wildman–Crippen LogP) is 1.56. The van der Waals surface area contributed by atoms with Crippen LogP contribution in [0.25, 0.3) is 0 Å². The number of hydrazone groups is 1. The summed E-state index contributed by atoms with van der Waals surface area (Å²) in [6, 6.07) is 13.4. The molecule has 1 aliphatic rings. The van der Waals surface area contributed by atoms with Crippen LogP contribution in [0.2, 0.25) is 0 Å². The zero-order valence-electron chi connectivity index (χ0n) is 13.5. The summed E-state index contributed by atoms with van der Waals surface area (Å²) in [7, 11) is 0. The Morgan fingerprint density at radius 3 is 2.69 bits per heavy atom. The van der Waals surface area contributed by atoms with Crippen molar-refractivity contribution in [3.63, 3.8) is 0 Å². The Bertz CT molecular complexity index is 887. The molecule has 26 heavy (non-hydrogen) atoms. The maximum Gasteiger partial charge on any atom is 0.349 e. The van der Waals surface area contributed by atoms with Gasteiger partial charge in [-0.05, 0) is 23.8 Å². The van der Waals surface area contributed by atoms with Crippen molar-refractivity contribution in [1.29, 1.82) is 0 Å². The monoisotopic (exact) mass is 417 g/mol. The number of carbonyl (C=O) groups is 2. The highest BCUT2D eigenvalue weighted by molar-refractivity contribution is 9.10. The number of aliphatic hydroxyl groups is 1. The summed E-state index contributed by atoms with van der Waals surface area (Å²) in [4.78, 5) is 23.8. The van der Waals surface area contributed by atoms with E-state index in [-0.39, 0.29) is 6.42 Å². The molecule has 0 aliphatic carbocycles. The highest BCUT2D eigenvalue weighted by Crippen LogP contribution is 2.40. The molecule has 8 nitrogen and oxygen atoms in total. The van der Waals surface area contributed by atoms with Crippen molar-refractivity contribution >= 4 is 39.3 Å². The summed E-state index contributed by atoms with van der Waals surface area (Å²) in [6.07, 6.45) is -0.142. The van der Waals surface area contributed by atoms with Gasteiger partial charge in [0, 0.05) is 22.1 Å². The lowest BCUT2D eigenvalue weighted by molar-refractivity contribution is -0.132. The second kappa shape index (κ2) is 7.24. The van der Waals surface area contributed by atoms with Crippen LogP contribution in [0.15, 0.2) is 58.1 Å². The average Bonchev–Trinajstić information content (AvgIpc) is 2.89. The van der Waals surface area contributed by atoms with E-state index < -0.39 is 17.5 Å². The molecule has 0 bridgehead atoms. The number of nitrogens with one attached hydrogen (secondary N) is 3. The van der Waals surface area contributed by atoms with Crippen LogP contribution in [0.5, 0.6) is 0 Å². The van der Waals surface area contributed by atoms with Crippen molar-refractivity contribution in [3.8, 4) is 0 Å². The van der Waals surface area contributed by atoms with Crippen LogP contribution < -0.4 is 22.0 Å². The van der Waals surface area contributed by atoms with Crippen LogP contribution in [0.3, 0.4) is 0 Å². The number of hydrazine groups is 1. The Labute approximate surface area is 157 Å². The van der Waals surface area contributed by atoms with Crippen LogP contribution in [0, 0.1) is 0 Å². The Balaban J connectivity index is 2.00. The molecule has 3 rings (SSSR count). The van der Waals surface area contributed by atoms with E-state index in [1.807, 2.05) is 11.5 Å². The molecule has 0 fully saturated rings. The van der Waals surface area contributed by atoms with Gasteiger partial charge in [0.2, 0.25) is 0 Å². The number of halogens is 1. The smallest absolute Gasteiger partial charge is 0.349 e. The van der Waals surface area contributed by atoms with E-state index in [2.05, 4.69) is 31.8 Å². The molecule has 3 amide bonds. The molecule has 0 radical (unpaired) electrons. The first-order valence-corrected chi connectivity index (χ1v) is 8.46. The first-order chi connectivity index (χ1) is 12.4. The molecule has 0 aromatic heterocycles. The highest BCUT2D eigenvalue weighted by atomic mass is 79.9. The molecule has 2 aromatic rings. The summed E-state index contributed by atoms with van der Waals surface area (Å²) in [5.74, 6) is 4.48. The van der Waals surface area contributed by atoms with Gasteiger partial charge in [-0.2, -0.15) is 5.10 Å². The number of nitrogens with two attached hydrogens (primary N) is 1. The molecule has 0 spiro atoms. The largest absolute Gasteiger partial charge is 0.375 e. The minimum atomic E-state index is -1.82. The molecule has 134 valence electrons. The lowest BCUT2D eigenvalue weighted by Gasteiger charge is -2.22. The third-order valence-corrected chi connectivity index (χ3v) is 4.50. The number of rotatable bonds is 4. The van der Waals surface area contributed by atoms with Gasteiger partial charge in [-0.15, -0.1) is 0 Å². The second-order valence-electron chi connectivity index (χ2n) is 5.69. The number of anilines is 1. The molecular formula is C17H16BrN5O3. The second-order valence-corrected chi connectivity index (χ2v) is 6.61. The fraction of sp³-hybridized carbons (Fsp3) is 0.118. The molecule has 0 saturated heterocycles. The van der Waals surface area contributed by atoms with Crippen LogP contribution in [-0.4, -0.2) is 22.8 Å². The van der Waals surface area contributed by atoms with Crippen molar-refractivity contribution in [2.45, 2.75) is 12.0 Å². The summed E-state index contributed by atoms with van der Waals surface area (Å²) in [5, 5.41) is 17.8. The van der Waals surface area contributed by atoms with Crippen LogP contribution in [0.4, 0.5) is 10.5 Å².